The van der Waals surface area contributed by atoms with Gasteiger partial charge in [0.15, 0.2) is 0 Å². The molecule has 0 heterocycles. The maximum atomic E-state index is 11.9. The van der Waals surface area contributed by atoms with Gasteiger partial charge in [0.25, 0.3) is 0 Å². The highest BCUT2D eigenvalue weighted by atomic mass is 79.9. The van der Waals surface area contributed by atoms with Crippen LogP contribution < -0.4 is 5.32 Å². The third kappa shape index (κ3) is 5.61. The Morgan fingerprint density at radius 1 is 1.37 bits per heavy atom. The van der Waals surface area contributed by atoms with Crippen LogP contribution >= 0.6 is 27.5 Å². The minimum absolute atomic E-state index is 0.0509. The molecule has 1 amide bonds. The molecule has 1 rings (SSSR count). The Balaban J connectivity index is 2.64. The Hall–Kier alpha value is -1.07. The predicted molar refractivity (Wildman–Crippen MR) is 78.4 cm³/mol. The summed E-state index contributed by atoms with van der Waals surface area (Å²) in [5.41, 5.74) is 0.0342. The fraction of sp³-hybridized carbons (Fsp3) is 0.385. The summed E-state index contributed by atoms with van der Waals surface area (Å²) in [5.74, 6) is -1.13. The summed E-state index contributed by atoms with van der Waals surface area (Å²) in [5, 5.41) is 12.0. The lowest BCUT2D eigenvalue weighted by Crippen LogP contribution is -2.24. The standard InChI is InChI=1S/C13H15BrClNO3/c1-13(2,7-12(18)19)6-11(17)16-8-3-4-10(15)9(14)5-8/h3-5H,6-7H2,1-2H3,(H,16,17)(H,18,19). The molecule has 0 unspecified atom stereocenters. The number of amides is 1. The summed E-state index contributed by atoms with van der Waals surface area (Å²) in [6, 6.07) is 5.06. The van der Waals surface area contributed by atoms with Crippen LogP contribution in [0.4, 0.5) is 5.69 Å². The minimum Gasteiger partial charge on any atom is -0.481 e. The summed E-state index contributed by atoms with van der Waals surface area (Å²) >= 11 is 9.13. The second kappa shape index (κ2) is 6.39. The number of carbonyl (C=O) groups excluding carboxylic acids is 1. The number of hydrogen-bond acceptors (Lipinski definition) is 2. The van der Waals surface area contributed by atoms with Crippen molar-refractivity contribution >= 4 is 45.1 Å². The highest BCUT2D eigenvalue weighted by molar-refractivity contribution is 9.10. The van der Waals surface area contributed by atoms with Crippen LogP contribution in [0.25, 0.3) is 0 Å². The smallest absolute Gasteiger partial charge is 0.303 e. The van der Waals surface area contributed by atoms with Gasteiger partial charge < -0.3 is 10.4 Å². The Morgan fingerprint density at radius 3 is 2.53 bits per heavy atom. The average Bonchev–Trinajstić information content (AvgIpc) is 2.20. The maximum absolute atomic E-state index is 11.9. The first-order chi connectivity index (χ1) is 8.69. The van der Waals surface area contributed by atoms with Crippen molar-refractivity contribution in [2.45, 2.75) is 26.7 Å². The summed E-state index contributed by atoms with van der Waals surface area (Å²) in [7, 11) is 0. The van der Waals surface area contributed by atoms with E-state index in [1.807, 2.05) is 0 Å². The van der Waals surface area contributed by atoms with Crippen LogP contribution in [-0.4, -0.2) is 17.0 Å². The quantitative estimate of drug-likeness (QED) is 0.847. The van der Waals surface area contributed by atoms with Crippen molar-refractivity contribution in [3.63, 3.8) is 0 Å². The van der Waals surface area contributed by atoms with E-state index in [1.54, 1.807) is 32.0 Å². The number of aliphatic carboxylic acids is 1. The van der Waals surface area contributed by atoms with Crippen LogP contribution in [-0.2, 0) is 9.59 Å². The molecule has 19 heavy (non-hydrogen) atoms. The maximum Gasteiger partial charge on any atom is 0.303 e. The molecule has 1 aromatic carbocycles. The van der Waals surface area contributed by atoms with Crippen molar-refractivity contribution < 1.29 is 14.7 Å². The molecular weight excluding hydrogens is 334 g/mol. The van der Waals surface area contributed by atoms with Crippen molar-refractivity contribution in [2.24, 2.45) is 5.41 Å². The van der Waals surface area contributed by atoms with Gasteiger partial charge in [0, 0.05) is 16.6 Å². The summed E-state index contributed by atoms with van der Waals surface area (Å²) in [4.78, 5) is 22.5. The monoisotopic (exact) mass is 347 g/mol. The number of halogens is 2. The van der Waals surface area contributed by atoms with E-state index in [1.165, 1.54) is 0 Å². The molecule has 0 radical (unpaired) electrons. The molecule has 4 nitrogen and oxygen atoms in total. The van der Waals surface area contributed by atoms with E-state index in [0.717, 1.165) is 0 Å². The first-order valence-corrected chi connectivity index (χ1v) is 6.83. The fourth-order valence-electron chi connectivity index (χ4n) is 1.69. The largest absolute Gasteiger partial charge is 0.481 e. The first kappa shape index (κ1) is 16.0. The second-order valence-corrected chi connectivity index (χ2v) is 6.35. The SMILES string of the molecule is CC(C)(CC(=O)O)CC(=O)Nc1ccc(Cl)c(Br)c1. The molecule has 0 aliphatic rings. The van der Waals surface area contributed by atoms with Gasteiger partial charge in [0.05, 0.1) is 11.4 Å². The van der Waals surface area contributed by atoms with Gasteiger partial charge in [-0.05, 0) is 39.5 Å². The third-order valence-electron chi connectivity index (χ3n) is 2.47. The Bertz CT molecular complexity index is 503. The van der Waals surface area contributed by atoms with Gasteiger partial charge in [0.1, 0.15) is 0 Å². The van der Waals surface area contributed by atoms with Gasteiger partial charge in [0.2, 0.25) is 5.91 Å². The topological polar surface area (TPSA) is 66.4 Å². The van der Waals surface area contributed by atoms with E-state index >= 15 is 0 Å². The molecule has 0 aliphatic heterocycles. The van der Waals surface area contributed by atoms with Gasteiger partial charge in [-0.1, -0.05) is 25.4 Å². The van der Waals surface area contributed by atoms with Crippen LogP contribution in [0.1, 0.15) is 26.7 Å². The van der Waals surface area contributed by atoms with Crippen LogP contribution in [0, 0.1) is 5.41 Å². The van der Waals surface area contributed by atoms with E-state index in [9.17, 15) is 9.59 Å². The zero-order valence-corrected chi connectivity index (χ0v) is 13.0. The van der Waals surface area contributed by atoms with Gasteiger partial charge in [-0.3, -0.25) is 9.59 Å². The molecule has 0 saturated carbocycles. The number of carbonyl (C=O) groups is 2. The summed E-state index contributed by atoms with van der Waals surface area (Å²) in [6.07, 6.45) is 0.0876. The normalized spacial score (nSPS) is 11.2. The van der Waals surface area contributed by atoms with Crippen molar-refractivity contribution in [3.05, 3.63) is 27.7 Å². The molecule has 0 aromatic heterocycles. The number of anilines is 1. The van der Waals surface area contributed by atoms with E-state index in [2.05, 4.69) is 21.2 Å². The lowest BCUT2D eigenvalue weighted by molar-refractivity contribution is -0.139. The minimum atomic E-state index is -0.910. The van der Waals surface area contributed by atoms with Gasteiger partial charge in [-0.2, -0.15) is 0 Å². The molecule has 0 aliphatic carbocycles. The molecule has 0 saturated heterocycles. The predicted octanol–water partition coefficient (Wildman–Crippen LogP) is 3.93. The Labute approximate surface area is 125 Å². The van der Waals surface area contributed by atoms with Gasteiger partial charge in [-0.15, -0.1) is 0 Å². The average molecular weight is 349 g/mol. The van der Waals surface area contributed by atoms with Crippen molar-refractivity contribution in [3.8, 4) is 0 Å². The van der Waals surface area contributed by atoms with Crippen LogP contribution in [0.15, 0.2) is 22.7 Å². The molecule has 0 atom stereocenters. The van der Waals surface area contributed by atoms with E-state index in [4.69, 9.17) is 16.7 Å². The van der Waals surface area contributed by atoms with Crippen LogP contribution in [0.2, 0.25) is 5.02 Å². The van der Waals surface area contributed by atoms with Crippen molar-refractivity contribution in [1.29, 1.82) is 0 Å². The van der Waals surface area contributed by atoms with E-state index < -0.39 is 11.4 Å². The van der Waals surface area contributed by atoms with Gasteiger partial charge in [-0.25, -0.2) is 0 Å². The summed E-state index contributed by atoms with van der Waals surface area (Å²) in [6.45, 7) is 3.50. The molecule has 2 N–H and O–H groups in total. The Kier molecular flexibility index (Phi) is 5.38. The molecular formula is C13H15BrClNO3. The van der Waals surface area contributed by atoms with E-state index in [-0.39, 0.29) is 18.7 Å². The molecule has 6 heteroatoms. The molecule has 1 aromatic rings. The molecule has 0 fully saturated rings. The van der Waals surface area contributed by atoms with Crippen molar-refractivity contribution in [1.82, 2.24) is 0 Å². The molecule has 0 bridgehead atoms. The number of nitrogens with one attached hydrogen (secondary N) is 1. The number of hydrogen-bond donors (Lipinski definition) is 2. The number of carboxylic acid groups (broad SMARTS) is 1. The highest BCUT2D eigenvalue weighted by Crippen LogP contribution is 2.28. The fourth-order valence-corrected chi connectivity index (χ4v) is 2.18. The number of benzene rings is 1. The number of carboxylic acids is 1. The highest BCUT2D eigenvalue weighted by Gasteiger charge is 2.25. The van der Waals surface area contributed by atoms with Crippen LogP contribution in [0.5, 0.6) is 0 Å². The van der Waals surface area contributed by atoms with Crippen LogP contribution in [0.3, 0.4) is 0 Å². The zero-order valence-electron chi connectivity index (χ0n) is 10.7. The Morgan fingerprint density at radius 2 is 2.00 bits per heavy atom. The summed E-state index contributed by atoms with van der Waals surface area (Å²) < 4.78 is 0.691. The third-order valence-corrected chi connectivity index (χ3v) is 3.69. The van der Waals surface area contributed by atoms with E-state index in [0.29, 0.717) is 15.2 Å². The lowest BCUT2D eigenvalue weighted by atomic mass is 9.85. The molecule has 104 valence electrons. The number of rotatable bonds is 5. The second-order valence-electron chi connectivity index (χ2n) is 5.09. The van der Waals surface area contributed by atoms with Crippen molar-refractivity contribution in [2.75, 3.05) is 5.32 Å². The molecule has 0 spiro atoms. The van der Waals surface area contributed by atoms with Gasteiger partial charge >= 0.3 is 5.97 Å². The lowest BCUT2D eigenvalue weighted by Gasteiger charge is -2.21. The zero-order chi connectivity index (χ0) is 14.6. The first-order valence-electron chi connectivity index (χ1n) is 5.66.